The Morgan fingerprint density at radius 2 is 0.851 bits per heavy atom. The van der Waals surface area contributed by atoms with Crippen LogP contribution in [-0.4, -0.2) is 20.0 Å². The van der Waals surface area contributed by atoms with E-state index in [4.69, 9.17) is 10.2 Å². The van der Waals surface area contributed by atoms with Crippen LogP contribution in [-0.2, 0) is 0 Å². The van der Waals surface area contributed by atoms with Gasteiger partial charge in [0.1, 0.15) is 11.0 Å². The largest absolute Gasteiger partial charge is 0.264 e. The van der Waals surface area contributed by atoms with E-state index in [-0.39, 0.29) is 0 Å². The minimum atomic E-state index is 0.858. The van der Waals surface area contributed by atoms with Crippen LogP contribution in [0.15, 0.2) is 170 Å². The summed E-state index contributed by atoms with van der Waals surface area (Å²) in [6, 6.07) is 55.7. The smallest absolute Gasteiger partial charge is 0.114 e. The highest BCUT2D eigenvalue weighted by molar-refractivity contribution is 6.21. The van der Waals surface area contributed by atoms with Crippen LogP contribution < -0.4 is 0 Å². The predicted octanol–water partition coefficient (Wildman–Crippen LogP) is 10.8. The summed E-state index contributed by atoms with van der Waals surface area (Å²) in [5.74, 6) is 0. The van der Waals surface area contributed by atoms with Gasteiger partial charge in [0.05, 0.1) is 5.69 Å². The molecule has 0 aliphatic carbocycles. The van der Waals surface area contributed by atoms with E-state index in [0.717, 1.165) is 39.0 Å². The van der Waals surface area contributed by atoms with Crippen LogP contribution in [0.4, 0.5) is 0 Å². The van der Waals surface area contributed by atoms with Gasteiger partial charge in [0.15, 0.2) is 0 Å². The van der Waals surface area contributed by atoms with Gasteiger partial charge in [-0.3, -0.25) is 4.98 Å². The van der Waals surface area contributed by atoms with Crippen LogP contribution in [0.3, 0.4) is 0 Å². The zero-order valence-corrected chi connectivity index (χ0v) is 25.5. The highest BCUT2D eigenvalue weighted by Gasteiger charge is 2.16. The third kappa shape index (κ3) is 4.75. The van der Waals surface area contributed by atoms with Crippen LogP contribution in [0.25, 0.3) is 82.8 Å². The summed E-state index contributed by atoms with van der Waals surface area (Å²) in [6.07, 6.45) is 3.66. The fraction of sp³-hybridized carbons (Fsp3) is 0. The van der Waals surface area contributed by atoms with E-state index in [9.17, 15) is 0 Å². The van der Waals surface area contributed by atoms with Crippen molar-refractivity contribution >= 4 is 32.6 Å². The van der Waals surface area contributed by atoms with E-state index in [1.807, 2.05) is 24.4 Å². The number of hydrogen-bond donors (Lipinski definition) is 0. The molecule has 0 atom stereocenters. The molecule has 0 saturated carbocycles. The minimum absolute atomic E-state index is 0.858. The molecule has 0 spiro atoms. The Morgan fingerprint density at radius 3 is 1.47 bits per heavy atom. The SMILES string of the molecule is c1ccc(-c2c3ccccc3c(-c3ccc(-c4ccc5nn(-c6ccc(-c7cccnc7)cc6)nc5c4)cc3)c3ccccc23)cc1. The molecule has 0 radical (unpaired) electrons. The fourth-order valence-electron chi connectivity index (χ4n) is 6.71. The second-order valence-electron chi connectivity index (χ2n) is 11.8. The predicted molar refractivity (Wildman–Crippen MR) is 193 cm³/mol. The van der Waals surface area contributed by atoms with E-state index < -0.39 is 0 Å². The normalized spacial score (nSPS) is 11.4. The van der Waals surface area contributed by atoms with Gasteiger partial charge in [-0.15, -0.1) is 10.2 Å². The maximum Gasteiger partial charge on any atom is 0.114 e. The highest BCUT2D eigenvalue weighted by atomic mass is 15.5. The van der Waals surface area contributed by atoms with Crippen molar-refractivity contribution in [2.75, 3.05) is 0 Å². The number of hydrogen-bond acceptors (Lipinski definition) is 3. The third-order valence-corrected chi connectivity index (χ3v) is 8.97. The summed E-state index contributed by atoms with van der Waals surface area (Å²) in [4.78, 5) is 5.94. The van der Waals surface area contributed by atoms with Gasteiger partial charge >= 0.3 is 0 Å². The van der Waals surface area contributed by atoms with Gasteiger partial charge in [0.2, 0.25) is 0 Å². The topological polar surface area (TPSA) is 43.6 Å². The summed E-state index contributed by atoms with van der Waals surface area (Å²) in [7, 11) is 0. The van der Waals surface area contributed by atoms with Crippen molar-refractivity contribution in [3.05, 3.63) is 170 Å². The Balaban J connectivity index is 1.08. The molecule has 2 heterocycles. The molecule has 0 bridgehead atoms. The lowest BCUT2D eigenvalue weighted by Crippen LogP contribution is -1.97. The van der Waals surface area contributed by atoms with E-state index in [1.165, 1.54) is 43.8 Å². The lowest BCUT2D eigenvalue weighted by Gasteiger charge is -2.18. The molecule has 9 aromatic rings. The van der Waals surface area contributed by atoms with Crippen molar-refractivity contribution in [1.29, 1.82) is 0 Å². The zero-order valence-electron chi connectivity index (χ0n) is 25.5. The Morgan fingerprint density at radius 1 is 0.362 bits per heavy atom. The van der Waals surface area contributed by atoms with Crippen molar-refractivity contribution in [2.24, 2.45) is 0 Å². The second-order valence-corrected chi connectivity index (χ2v) is 11.8. The number of rotatable bonds is 5. The molecular formula is C43H28N4. The number of benzene rings is 7. The molecule has 0 aliphatic rings. The highest BCUT2D eigenvalue weighted by Crippen LogP contribution is 2.43. The first-order valence-corrected chi connectivity index (χ1v) is 15.8. The Hall–Kier alpha value is -6.39. The van der Waals surface area contributed by atoms with E-state index in [1.54, 1.807) is 11.0 Å². The minimum Gasteiger partial charge on any atom is -0.264 e. The summed E-state index contributed by atoms with van der Waals surface area (Å²) >= 11 is 0. The van der Waals surface area contributed by atoms with Crippen LogP contribution in [0.2, 0.25) is 0 Å². The summed E-state index contributed by atoms with van der Waals surface area (Å²) in [6.45, 7) is 0. The molecule has 2 aromatic heterocycles. The van der Waals surface area contributed by atoms with Crippen LogP contribution in [0.1, 0.15) is 0 Å². The second kappa shape index (κ2) is 11.2. The Kier molecular flexibility index (Phi) is 6.43. The number of nitrogens with zero attached hydrogens (tertiary/aromatic N) is 4. The van der Waals surface area contributed by atoms with Crippen molar-refractivity contribution in [2.45, 2.75) is 0 Å². The van der Waals surface area contributed by atoms with Crippen LogP contribution >= 0.6 is 0 Å². The van der Waals surface area contributed by atoms with Crippen molar-refractivity contribution in [3.63, 3.8) is 0 Å². The average Bonchev–Trinajstić information content (AvgIpc) is 3.58. The van der Waals surface area contributed by atoms with Crippen LogP contribution in [0, 0.1) is 0 Å². The fourth-order valence-corrected chi connectivity index (χ4v) is 6.71. The van der Waals surface area contributed by atoms with E-state index in [2.05, 4.69) is 145 Å². The van der Waals surface area contributed by atoms with Gasteiger partial charge in [0.25, 0.3) is 0 Å². The molecule has 9 rings (SSSR count). The lowest BCUT2D eigenvalue weighted by atomic mass is 9.86. The molecule has 0 amide bonds. The van der Waals surface area contributed by atoms with Crippen molar-refractivity contribution in [1.82, 2.24) is 20.0 Å². The quantitative estimate of drug-likeness (QED) is 0.185. The number of fused-ring (bicyclic) bond motifs is 3. The van der Waals surface area contributed by atoms with Gasteiger partial charge < -0.3 is 0 Å². The Bertz CT molecular complexity index is 2480. The van der Waals surface area contributed by atoms with Crippen LogP contribution in [0.5, 0.6) is 0 Å². The van der Waals surface area contributed by atoms with E-state index in [0.29, 0.717) is 0 Å². The molecule has 47 heavy (non-hydrogen) atoms. The van der Waals surface area contributed by atoms with Gasteiger partial charge in [0, 0.05) is 12.4 Å². The monoisotopic (exact) mass is 600 g/mol. The zero-order chi connectivity index (χ0) is 31.2. The molecule has 4 nitrogen and oxygen atoms in total. The third-order valence-electron chi connectivity index (χ3n) is 8.97. The number of pyridine rings is 1. The molecule has 0 unspecified atom stereocenters. The molecular weight excluding hydrogens is 573 g/mol. The first-order valence-electron chi connectivity index (χ1n) is 15.8. The van der Waals surface area contributed by atoms with E-state index >= 15 is 0 Å². The lowest BCUT2D eigenvalue weighted by molar-refractivity contribution is 0.766. The maximum atomic E-state index is 4.83. The summed E-state index contributed by atoms with van der Waals surface area (Å²) < 4.78 is 0. The summed E-state index contributed by atoms with van der Waals surface area (Å²) in [5, 5.41) is 14.6. The van der Waals surface area contributed by atoms with Gasteiger partial charge in [-0.2, -0.15) is 4.80 Å². The maximum absolute atomic E-state index is 4.83. The molecule has 4 heteroatoms. The molecule has 220 valence electrons. The van der Waals surface area contributed by atoms with Gasteiger partial charge in [-0.25, -0.2) is 0 Å². The van der Waals surface area contributed by atoms with Gasteiger partial charge in [-0.05, 0) is 96.4 Å². The molecule has 0 aliphatic heterocycles. The number of aromatic nitrogens is 4. The molecule has 0 saturated heterocycles. The molecule has 0 N–H and O–H groups in total. The standard InChI is InChI=1S/C43H28N4/c1-2-9-31(10-3-1)42-36-12-4-6-14-38(36)43(39-15-7-5-13-37(39)42)32-18-16-29(17-19-32)33-22-25-40-41(27-33)46-47(45-40)35-23-20-30(21-24-35)34-11-8-26-44-28-34/h1-28H. The van der Waals surface area contributed by atoms with Crippen molar-refractivity contribution < 1.29 is 0 Å². The molecule has 0 fully saturated rings. The average molecular weight is 601 g/mol. The first kappa shape index (κ1) is 27.0. The van der Waals surface area contributed by atoms with Gasteiger partial charge in [-0.1, -0.05) is 127 Å². The summed E-state index contributed by atoms with van der Waals surface area (Å²) in [5.41, 5.74) is 12.0. The Labute approximate surface area is 272 Å². The molecule has 7 aromatic carbocycles. The first-order chi connectivity index (χ1) is 23.3. The van der Waals surface area contributed by atoms with Crippen molar-refractivity contribution in [3.8, 4) is 50.2 Å².